The highest BCUT2D eigenvalue weighted by molar-refractivity contribution is 7.90. The molecule has 1 aromatic rings. The summed E-state index contributed by atoms with van der Waals surface area (Å²) in [4.78, 5) is 4.56. The van der Waals surface area contributed by atoms with E-state index in [2.05, 4.69) is 10.3 Å². The molecule has 0 aromatic heterocycles. The first-order valence-electron chi connectivity index (χ1n) is 4.19. The summed E-state index contributed by atoms with van der Waals surface area (Å²) in [6.45, 7) is 0.247. The Labute approximate surface area is 87.9 Å². The fraction of sp³-hybridized carbons (Fsp3) is 0.333. The lowest BCUT2D eigenvalue weighted by atomic mass is 10.2. The molecule has 0 radical (unpaired) electrons. The molecule has 0 aliphatic heterocycles. The molecule has 1 aromatic carbocycles. The molecule has 0 amide bonds. The van der Waals surface area contributed by atoms with Gasteiger partial charge in [0, 0.05) is 12.8 Å². The lowest BCUT2D eigenvalue weighted by Crippen LogP contribution is -2.11. The predicted octanol–water partition coefficient (Wildman–Crippen LogP) is 0.880. The van der Waals surface area contributed by atoms with Gasteiger partial charge in [-0.05, 0) is 23.8 Å². The van der Waals surface area contributed by atoms with Crippen molar-refractivity contribution in [1.82, 2.24) is 5.48 Å². The highest BCUT2D eigenvalue weighted by Gasteiger charge is 2.10. The second-order valence-electron chi connectivity index (χ2n) is 3.09. The molecule has 1 rings (SSSR count). The first-order valence-corrected chi connectivity index (χ1v) is 6.08. The summed E-state index contributed by atoms with van der Waals surface area (Å²) in [7, 11) is -1.95. The third kappa shape index (κ3) is 3.58. The van der Waals surface area contributed by atoms with Crippen LogP contribution in [0.1, 0.15) is 5.56 Å². The van der Waals surface area contributed by atoms with Crippen LogP contribution in [0.25, 0.3) is 0 Å². The van der Waals surface area contributed by atoms with Crippen molar-refractivity contribution in [3.63, 3.8) is 0 Å². The number of sulfone groups is 1. The normalized spacial score (nSPS) is 11.7. The van der Waals surface area contributed by atoms with Crippen LogP contribution >= 0.6 is 0 Å². The average Bonchev–Trinajstić information content (AvgIpc) is 2.12. The zero-order valence-electron chi connectivity index (χ0n) is 8.45. The minimum Gasteiger partial charge on any atom is -0.305 e. The first kappa shape index (κ1) is 12.1. The Hall–Kier alpha value is -0.980. The molecule has 0 aliphatic rings. The summed E-state index contributed by atoms with van der Waals surface area (Å²) in [5.41, 5.74) is 3.02. The van der Waals surface area contributed by atoms with Gasteiger partial charge in [0.15, 0.2) is 9.84 Å². The first-order chi connectivity index (χ1) is 6.93. The summed E-state index contributed by atoms with van der Waals surface area (Å²) in [6.07, 6.45) is 1.04. The molecule has 15 heavy (non-hydrogen) atoms. The Morgan fingerprint density at radius 3 is 2.60 bits per heavy atom. The van der Waals surface area contributed by atoms with Crippen molar-refractivity contribution in [2.24, 2.45) is 0 Å². The van der Waals surface area contributed by atoms with Crippen LogP contribution in [0.5, 0.6) is 0 Å². The van der Waals surface area contributed by atoms with E-state index in [9.17, 15) is 12.8 Å². The van der Waals surface area contributed by atoms with Crippen LogP contribution in [0.3, 0.4) is 0 Å². The van der Waals surface area contributed by atoms with Crippen molar-refractivity contribution in [2.75, 3.05) is 13.4 Å². The van der Waals surface area contributed by atoms with Gasteiger partial charge in [-0.25, -0.2) is 12.8 Å². The molecular weight excluding hydrogens is 221 g/mol. The Balaban J connectivity index is 3.06. The summed E-state index contributed by atoms with van der Waals surface area (Å²) in [5, 5.41) is 0. The number of hydrogen-bond acceptors (Lipinski definition) is 4. The van der Waals surface area contributed by atoms with E-state index in [0.717, 1.165) is 12.3 Å². The largest absolute Gasteiger partial charge is 0.305 e. The minimum atomic E-state index is -3.38. The molecule has 0 fully saturated rings. The average molecular weight is 233 g/mol. The Morgan fingerprint density at radius 1 is 1.40 bits per heavy atom. The van der Waals surface area contributed by atoms with E-state index in [1.807, 2.05) is 0 Å². The zero-order chi connectivity index (χ0) is 11.5. The van der Waals surface area contributed by atoms with E-state index in [1.165, 1.54) is 19.2 Å². The van der Waals surface area contributed by atoms with Crippen molar-refractivity contribution in [3.8, 4) is 0 Å². The van der Waals surface area contributed by atoms with Gasteiger partial charge < -0.3 is 4.84 Å². The molecule has 0 aliphatic carbocycles. The monoisotopic (exact) mass is 233 g/mol. The lowest BCUT2D eigenvalue weighted by molar-refractivity contribution is 0.0866. The van der Waals surface area contributed by atoms with Crippen molar-refractivity contribution < 1.29 is 17.6 Å². The van der Waals surface area contributed by atoms with Gasteiger partial charge >= 0.3 is 0 Å². The highest BCUT2D eigenvalue weighted by atomic mass is 32.2. The summed E-state index contributed by atoms with van der Waals surface area (Å²) >= 11 is 0. The SMILES string of the molecule is CONCc1cc(F)cc(S(C)(=O)=O)c1. The topological polar surface area (TPSA) is 55.4 Å². The Bertz CT molecular complexity index is 445. The fourth-order valence-corrected chi connectivity index (χ4v) is 1.78. The van der Waals surface area contributed by atoms with Crippen molar-refractivity contribution >= 4 is 9.84 Å². The van der Waals surface area contributed by atoms with E-state index in [4.69, 9.17) is 0 Å². The zero-order valence-corrected chi connectivity index (χ0v) is 9.27. The van der Waals surface area contributed by atoms with E-state index >= 15 is 0 Å². The smallest absolute Gasteiger partial charge is 0.175 e. The van der Waals surface area contributed by atoms with Gasteiger partial charge in [-0.15, -0.1) is 0 Å². The van der Waals surface area contributed by atoms with Gasteiger partial charge in [-0.1, -0.05) is 0 Å². The molecule has 0 spiro atoms. The van der Waals surface area contributed by atoms with Crippen LogP contribution in [-0.2, 0) is 21.2 Å². The number of halogens is 1. The van der Waals surface area contributed by atoms with E-state index in [-0.39, 0.29) is 11.4 Å². The highest BCUT2D eigenvalue weighted by Crippen LogP contribution is 2.14. The van der Waals surface area contributed by atoms with E-state index in [0.29, 0.717) is 5.56 Å². The minimum absolute atomic E-state index is 0.0320. The molecule has 0 unspecified atom stereocenters. The number of hydroxylamine groups is 1. The summed E-state index contributed by atoms with van der Waals surface area (Å²) in [6, 6.07) is 3.65. The maximum absolute atomic E-state index is 13.1. The van der Waals surface area contributed by atoms with Crippen LogP contribution < -0.4 is 5.48 Å². The Kier molecular flexibility index (Phi) is 3.78. The molecule has 0 heterocycles. The molecular formula is C9H12FNO3S. The van der Waals surface area contributed by atoms with Crippen LogP contribution in [-0.4, -0.2) is 21.8 Å². The van der Waals surface area contributed by atoms with E-state index in [1.54, 1.807) is 0 Å². The van der Waals surface area contributed by atoms with Crippen LogP contribution in [0.4, 0.5) is 4.39 Å². The van der Waals surface area contributed by atoms with Crippen LogP contribution in [0.2, 0.25) is 0 Å². The number of hydrogen-bond donors (Lipinski definition) is 1. The summed E-state index contributed by atoms with van der Waals surface area (Å²) in [5.74, 6) is -0.578. The van der Waals surface area contributed by atoms with Crippen molar-refractivity contribution in [1.29, 1.82) is 0 Å². The number of rotatable bonds is 4. The maximum atomic E-state index is 13.1. The maximum Gasteiger partial charge on any atom is 0.175 e. The molecule has 0 bridgehead atoms. The molecule has 4 nitrogen and oxygen atoms in total. The van der Waals surface area contributed by atoms with E-state index < -0.39 is 15.7 Å². The van der Waals surface area contributed by atoms with Gasteiger partial charge in [0.1, 0.15) is 5.82 Å². The second kappa shape index (κ2) is 4.69. The van der Waals surface area contributed by atoms with Gasteiger partial charge in [-0.2, -0.15) is 5.48 Å². The van der Waals surface area contributed by atoms with Gasteiger partial charge in [0.25, 0.3) is 0 Å². The van der Waals surface area contributed by atoms with Crippen LogP contribution in [0, 0.1) is 5.82 Å². The predicted molar refractivity (Wildman–Crippen MR) is 53.4 cm³/mol. The third-order valence-corrected chi connectivity index (χ3v) is 2.87. The number of benzene rings is 1. The van der Waals surface area contributed by atoms with Gasteiger partial charge in [-0.3, -0.25) is 0 Å². The molecule has 0 atom stereocenters. The molecule has 1 N–H and O–H groups in total. The van der Waals surface area contributed by atoms with Crippen LogP contribution in [0.15, 0.2) is 23.1 Å². The molecule has 0 saturated heterocycles. The standard InChI is InChI=1S/C9H12FNO3S/c1-14-11-6-7-3-8(10)5-9(4-7)15(2,12)13/h3-5,11H,6H2,1-2H3. The van der Waals surface area contributed by atoms with Crippen molar-refractivity contribution in [3.05, 3.63) is 29.6 Å². The van der Waals surface area contributed by atoms with Crippen molar-refractivity contribution in [2.45, 2.75) is 11.4 Å². The van der Waals surface area contributed by atoms with Gasteiger partial charge in [0.05, 0.1) is 12.0 Å². The Morgan fingerprint density at radius 2 is 2.07 bits per heavy atom. The summed E-state index contributed by atoms with van der Waals surface area (Å²) < 4.78 is 35.4. The molecule has 6 heteroatoms. The second-order valence-corrected chi connectivity index (χ2v) is 5.11. The third-order valence-electron chi connectivity index (χ3n) is 1.78. The number of nitrogens with one attached hydrogen (secondary N) is 1. The molecule has 0 saturated carbocycles. The quantitative estimate of drug-likeness (QED) is 0.784. The van der Waals surface area contributed by atoms with Gasteiger partial charge in [0.2, 0.25) is 0 Å². The lowest BCUT2D eigenvalue weighted by Gasteiger charge is -2.05. The fourth-order valence-electron chi connectivity index (χ4n) is 1.09. The molecule has 84 valence electrons.